The van der Waals surface area contributed by atoms with Gasteiger partial charge in [0, 0.05) is 6.21 Å². The van der Waals surface area contributed by atoms with Crippen LogP contribution in [0.15, 0.2) is 28.8 Å². The number of nitrogens with two attached hydrogens (primary N) is 1. The van der Waals surface area contributed by atoms with Crippen LogP contribution in [0, 0.1) is 5.41 Å². The predicted octanol–water partition coefficient (Wildman–Crippen LogP) is -0.130. The summed E-state index contributed by atoms with van der Waals surface area (Å²) in [7, 11) is 0. The van der Waals surface area contributed by atoms with Gasteiger partial charge in [0.25, 0.3) is 0 Å². The van der Waals surface area contributed by atoms with Gasteiger partial charge in [0.2, 0.25) is 0 Å². The van der Waals surface area contributed by atoms with Gasteiger partial charge in [-0.3, -0.25) is 10.8 Å². The van der Waals surface area contributed by atoms with E-state index >= 15 is 0 Å². The van der Waals surface area contributed by atoms with Crippen molar-refractivity contribution in [1.29, 1.82) is 5.41 Å². The Morgan fingerprint density at radius 1 is 1.58 bits per heavy atom. The summed E-state index contributed by atoms with van der Waals surface area (Å²) in [5.74, 6) is 5.81. The van der Waals surface area contributed by atoms with Crippen molar-refractivity contribution in [2.24, 2.45) is 10.8 Å². The Morgan fingerprint density at radius 2 is 2.42 bits per heavy atom. The molecule has 2 rings (SSSR count). The lowest BCUT2D eigenvalue weighted by atomic mass is 10.0. The molecule has 60 valence electrons. The van der Waals surface area contributed by atoms with E-state index in [2.05, 4.69) is 4.99 Å². The van der Waals surface area contributed by atoms with Gasteiger partial charge in [-0.05, 0) is 17.7 Å². The number of fused-ring (bicyclic) bond motifs is 1. The van der Waals surface area contributed by atoms with Crippen LogP contribution in [0.2, 0.25) is 0 Å². The van der Waals surface area contributed by atoms with Crippen molar-refractivity contribution in [3.8, 4) is 0 Å². The number of rotatable bonds is 0. The molecule has 1 atom stereocenters. The number of amidine groups is 1. The highest BCUT2D eigenvalue weighted by atomic mass is 15.3. The van der Waals surface area contributed by atoms with Crippen LogP contribution in [-0.2, 0) is 0 Å². The molecule has 12 heavy (non-hydrogen) atoms. The third kappa shape index (κ3) is 0.887. The van der Waals surface area contributed by atoms with Crippen molar-refractivity contribution < 1.29 is 4.68 Å². The van der Waals surface area contributed by atoms with Gasteiger partial charge in [0.05, 0.1) is 0 Å². The SMILES string of the molecule is N=C1C2N=CC=CC2=CC=[N+]1N. The summed E-state index contributed by atoms with van der Waals surface area (Å²) in [5, 5.41) is 7.60. The molecule has 2 heterocycles. The summed E-state index contributed by atoms with van der Waals surface area (Å²) >= 11 is 0. The van der Waals surface area contributed by atoms with E-state index in [1.165, 1.54) is 4.68 Å². The molecule has 2 aliphatic rings. The third-order valence-corrected chi connectivity index (χ3v) is 1.89. The smallest absolute Gasteiger partial charge is 0.272 e. The molecule has 1 unspecified atom stereocenters. The van der Waals surface area contributed by atoms with Crippen LogP contribution in [0.3, 0.4) is 0 Å². The Hall–Kier alpha value is -1.71. The van der Waals surface area contributed by atoms with E-state index in [0.29, 0.717) is 5.84 Å². The lowest BCUT2D eigenvalue weighted by Crippen LogP contribution is -2.39. The number of hydrazone groups is 1. The van der Waals surface area contributed by atoms with Gasteiger partial charge in [-0.15, -0.1) is 4.68 Å². The second-order valence-corrected chi connectivity index (χ2v) is 2.67. The average Bonchev–Trinajstić information content (AvgIpc) is 2.12. The molecule has 0 saturated heterocycles. The fraction of sp³-hybridized carbons (Fsp3) is 0.125. The van der Waals surface area contributed by atoms with Crippen molar-refractivity contribution >= 4 is 18.3 Å². The Morgan fingerprint density at radius 3 is 3.25 bits per heavy atom. The van der Waals surface area contributed by atoms with Crippen LogP contribution in [-0.4, -0.2) is 29.0 Å². The van der Waals surface area contributed by atoms with Gasteiger partial charge in [-0.2, -0.15) is 0 Å². The molecular weight excluding hydrogens is 152 g/mol. The summed E-state index contributed by atoms with van der Waals surface area (Å²) in [5.41, 5.74) is 1.02. The molecule has 0 saturated carbocycles. The normalized spacial score (nSPS) is 26.3. The lowest BCUT2D eigenvalue weighted by molar-refractivity contribution is -0.419. The molecule has 0 aromatic rings. The zero-order valence-electron chi connectivity index (χ0n) is 6.44. The summed E-state index contributed by atoms with van der Waals surface area (Å²) < 4.78 is 1.28. The van der Waals surface area contributed by atoms with Gasteiger partial charge in [-0.1, -0.05) is 11.5 Å². The molecule has 0 aliphatic carbocycles. The first-order valence-corrected chi connectivity index (χ1v) is 3.66. The summed E-state index contributed by atoms with van der Waals surface area (Å²) in [6, 6.07) is -0.204. The van der Waals surface area contributed by atoms with Crippen LogP contribution >= 0.6 is 0 Å². The molecular formula is C8H9N4+. The predicted molar refractivity (Wildman–Crippen MR) is 47.7 cm³/mol. The molecule has 4 heteroatoms. The molecule has 0 amide bonds. The Bertz CT molecular complexity index is 346. The molecule has 0 fully saturated rings. The number of aliphatic imine (C=N–C) groups is 1. The highest BCUT2D eigenvalue weighted by Gasteiger charge is 2.28. The van der Waals surface area contributed by atoms with Crippen molar-refractivity contribution in [3.63, 3.8) is 0 Å². The van der Waals surface area contributed by atoms with Gasteiger partial charge >= 0.3 is 5.84 Å². The molecule has 0 spiro atoms. The van der Waals surface area contributed by atoms with E-state index in [1.54, 1.807) is 12.4 Å². The number of nitrogens with zero attached hydrogens (tertiary/aromatic N) is 2. The quantitative estimate of drug-likeness (QED) is 0.377. The topological polar surface area (TPSA) is 65.2 Å². The fourth-order valence-corrected chi connectivity index (χ4v) is 1.23. The van der Waals surface area contributed by atoms with Crippen molar-refractivity contribution in [3.05, 3.63) is 23.8 Å². The Kier molecular flexibility index (Phi) is 1.40. The largest absolute Gasteiger partial charge is 0.342 e. The number of hydrogen-bond donors (Lipinski definition) is 2. The highest BCUT2D eigenvalue weighted by Crippen LogP contribution is 2.14. The number of hydrazine groups is 1. The van der Waals surface area contributed by atoms with Crippen LogP contribution < -0.4 is 5.84 Å². The second kappa shape index (κ2) is 2.41. The molecule has 4 nitrogen and oxygen atoms in total. The Labute approximate surface area is 69.9 Å². The number of hydrogen-bond acceptors (Lipinski definition) is 3. The first-order valence-electron chi connectivity index (χ1n) is 3.66. The molecule has 0 aromatic carbocycles. The minimum absolute atomic E-state index is 0.204. The van der Waals surface area contributed by atoms with Crippen molar-refractivity contribution in [2.75, 3.05) is 0 Å². The van der Waals surface area contributed by atoms with E-state index in [1.807, 2.05) is 18.2 Å². The highest BCUT2D eigenvalue weighted by molar-refractivity contribution is 5.93. The van der Waals surface area contributed by atoms with Gasteiger partial charge in [-0.25, -0.2) is 0 Å². The van der Waals surface area contributed by atoms with E-state index in [4.69, 9.17) is 11.3 Å². The zero-order valence-corrected chi connectivity index (χ0v) is 6.44. The molecule has 0 radical (unpaired) electrons. The minimum atomic E-state index is -0.204. The average molecular weight is 161 g/mol. The van der Waals surface area contributed by atoms with Crippen molar-refractivity contribution in [2.45, 2.75) is 6.04 Å². The van der Waals surface area contributed by atoms with E-state index in [-0.39, 0.29) is 6.04 Å². The van der Waals surface area contributed by atoms with Gasteiger partial charge < -0.3 is 0 Å². The van der Waals surface area contributed by atoms with Crippen molar-refractivity contribution in [1.82, 2.24) is 0 Å². The molecule has 0 bridgehead atoms. The zero-order chi connectivity index (χ0) is 8.55. The second-order valence-electron chi connectivity index (χ2n) is 2.67. The maximum absolute atomic E-state index is 7.60. The van der Waals surface area contributed by atoms with Crippen LogP contribution in [0.25, 0.3) is 0 Å². The van der Waals surface area contributed by atoms with Crippen LogP contribution in [0.1, 0.15) is 0 Å². The fourth-order valence-electron chi connectivity index (χ4n) is 1.23. The molecule has 2 aliphatic heterocycles. The standard InChI is InChI=1S/C8H9N4/c9-8-7-6(2-1-4-11-7)3-5-12(8)10/h1-5,7,9H,10H2/q+1. The Balaban J connectivity index is 2.45. The van der Waals surface area contributed by atoms with Crippen LogP contribution in [0.4, 0.5) is 0 Å². The van der Waals surface area contributed by atoms with Gasteiger partial charge in [0.1, 0.15) is 6.21 Å². The first-order chi connectivity index (χ1) is 5.79. The molecule has 3 N–H and O–H groups in total. The molecule has 0 aromatic heterocycles. The summed E-state index contributed by atoms with van der Waals surface area (Å²) in [6.45, 7) is 0. The number of dihydropyridines is 1. The van der Waals surface area contributed by atoms with Gasteiger partial charge in [0.15, 0.2) is 6.04 Å². The maximum Gasteiger partial charge on any atom is 0.342 e. The lowest BCUT2D eigenvalue weighted by Gasteiger charge is -2.15. The van der Waals surface area contributed by atoms with E-state index in [0.717, 1.165) is 5.57 Å². The van der Waals surface area contributed by atoms with E-state index < -0.39 is 0 Å². The minimum Gasteiger partial charge on any atom is -0.272 e. The summed E-state index contributed by atoms with van der Waals surface area (Å²) in [4.78, 5) is 4.14. The summed E-state index contributed by atoms with van der Waals surface area (Å²) in [6.07, 6.45) is 9.02. The monoisotopic (exact) mass is 161 g/mol. The maximum atomic E-state index is 7.60. The number of allylic oxidation sites excluding steroid dienone is 2. The first kappa shape index (κ1) is 6.97. The number of nitrogens with one attached hydrogen (secondary N) is 1. The van der Waals surface area contributed by atoms with E-state index in [9.17, 15) is 0 Å². The van der Waals surface area contributed by atoms with Crippen LogP contribution in [0.5, 0.6) is 0 Å². The third-order valence-electron chi connectivity index (χ3n) is 1.89.